The monoisotopic (exact) mass is 309 g/mol. The number of rotatable bonds is 4. The van der Waals surface area contributed by atoms with Gasteiger partial charge < -0.3 is 10.2 Å². The van der Waals surface area contributed by atoms with Gasteiger partial charge in [-0.25, -0.2) is 0 Å². The highest BCUT2D eigenvalue weighted by molar-refractivity contribution is 6.07. The highest BCUT2D eigenvalue weighted by Gasteiger charge is 2.15. The van der Waals surface area contributed by atoms with Gasteiger partial charge in [-0.15, -0.1) is 0 Å². The average molecular weight is 309 g/mol. The molecule has 5 heteroatoms. The number of hydrogen-bond acceptors (Lipinski definition) is 3. The quantitative estimate of drug-likeness (QED) is 0.882. The molecule has 0 fully saturated rings. The molecule has 23 heavy (non-hydrogen) atoms. The molecule has 0 spiro atoms. The van der Waals surface area contributed by atoms with Gasteiger partial charge in [0, 0.05) is 24.5 Å². The lowest BCUT2D eigenvalue weighted by molar-refractivity contribution is -0.111. The molecular formula is C18H19N3O2. The van der Waals surface area contributed by atoms with Crippen LogP contribution in [0.1, 0.15) is 22.8 Å². The molecule has 0 aliphatic carbocycles. The first-order valence-corrected chi connectivity index (χ1v) is 7.25. The topological polar surface area (TPSA) is 62.3 Å². The van der Waals surface area contributed by atoms with E-state index >= 15 is 0 Å². The van der Waals surface area contributed by atoms with Crippen LogP contribution in [0.25, 0.3) is 0 Å². The van der Waals surface area contributed by atoms with E-state index in [1.54, 1.807) is 50.6 Å². The molecule has 0 aliphatic rings. The van der Waals surface area contributed by atoms with Gasteiger partial charge in [-0.1, -0.05) is 12.1 Å². The molecule has 0 bridgehead atoms. The van der Waals surface area contributed by atoms with Crippen molar-refractivity contribution in [2.45, 2.75) is 13.8 Å². The Morgan fingerprint density at radius 2 is 2.04 bits per heavy atom. The van der Waals surface area contributed by atoms with E-state index in [4.69, 9.17) is 0 Å². The minimum Gasteiger partial charge on any atom is -0.322 e. The Labute approximate surface area is 135 Å². The van der Waals surface area contributed by atoms with Gasteiger partial charge in [0.25, 0.3) is 5.91 Å². The molecule has 0 saturated heterocycles. The highest BCUT2D eigenvalue weighted by atomic mass is 16.2. The fourth-order valence-electron chi connectivity index (χ4n) is 2.08. The first-order chi connectivity index (χ1) is 11.0. The Bertz CT molecular complexity index is 739. The van der Waals surface area contributed by atoms with Crippen molar-refractivity contribution in [3.8, 4) is 0 Å². The van der Waals surface area contributed by atoms with Crippen LogP contribution < -0.4 is 10.2 Å². The predicted octanol–water partition coefficient (Wildman–Crippen LogP) is 3.18. The van der Waals surface area contributed by atoms with Crippen LogP contribution in [0.3, 0.4) is 0 Å². The Kier molecular flexibility index (Phi) is 5.25. The molecule has 1 N–H and O–H groups in total. The summed E-state index contributed by atoms with van der Waals surface area (Å²) in [5.74, 6) is -0.389. The van der Waals surface area contributed by atoms with Crippen molar-refractivity contribution in [3.05, 3.63) is 66.0 Å². The number of hydrogen-bond donors (Lipinski definition) is 1. The number of allylic oxidation sites excluding steroid dienone is 1. The zero-order valence-electron chi connectivity index (χ0n) is 13.4. The van der Waals surface area contributed by atoms with E-state index in [-0.39, 0.29) is 11.8 Å². The highest BCUT2D eigenvalue weighted by Crippen LogP contribution is 2.20. The predicted molar refractivity (Wildman–Crippen MR) is 91.6 cm³/mol. The second-order valence-electron chi connectivity index (χ2n) is 5.09. The van der Waals surface area contributed by atoms with E-state index in [0.29, 0.717) is 16.9 Å². The lowest BCUT2D eigenvalue weighted by Gasteiger charge is -2.18. The van der Waals surface area contributed by atoms with Crippen molar-refractivity contribution in [3.63, 3.8) is 0 Å². The maximum Gasteiger partial charge on any atom is 0.258 e. The van der Waals surface area contributed by atoms with Crippen LogP contribution in [-0.4, -0.2) is 23.8 Å². The summed E-state index contributed by atoms with van der Waals surface area (Å²) in [5.41, 5.74) is 2.72. The summed E-state index contributed by atoms with van der Waals surface area (Å²) in [6.07, 6.45) is 6.38. The molecular weight excluding hydrogens is 290 g/mol. The van der Waals surface area contributed by atoms with Gasteiger partial charge in [0.1, 0.15) is 0 Å². The fourth-order valence-corrected chi connectivity index (χ4v) is 2.08. The second-order valence-corrected chi connectivity index (χ2v) is 5.09. The summed E-state index contributed by atoms with van der Waals surface area (Å²) in [5, 5.41) is 2.78. The first-order valence-electron chi connectivity index (χ1n) is 7.25. The molecule has 1 heterocycles. The molecule has 0 unspecified atom stereocenters. The van der Waals surface area contributed by atoms with E-state index in [0.717, 1.165) is 5.56 Å². The number of nitrogens with zero attached hydrogens (tertiary/aromatic N) is 2. The van der Waals surface area contributed by atoms with Crippen LogP contribution >= 0.6 is 0 Å². The number of pyridine rings is 1. The van der Waals surface area contributed by atoms with Crippen molar-refractivity contribution < 1.29 is 9.59 Å². The smallest absolute Gasteiger partial charge is 0.258 e. The maximum atomic E-state index is 12.6. The SMILES string of the molecule is CC=CC(=O)Nc1cc(C(=O)N(C)c2cccnc2)ccc1C. The minimum absolute atomic E-state index is 0.167. The lowest BCUT2D eigenvalue weighted by atomic mass is 10.1. The Morgan fingerprint density at radius 1 is 1.26 bits per heavy atom. The second kappa shape index (κ2) is 7.35. The number of amides is 2. The van der Waals surface area contributed by atoms with Crippen molar-refractivity contribution >= 4 is 23.2 Å². The van der Waals surface area contributed by atoms with Gasteiger partial charge in [0.15, 0.2) is 0 Å². The summed E-state index contributed by atoms with van der Waals surface area (Å²) >= 11 is 0. The molecule has 2 rings (SSSR count). The Morgan fingerprint density at radius 3 is 2.70 bits per heavy atom. The van der Waals surface area contributed by atoms with Crippen molar-refractivity contribution in [2.24, 2.45) is 0 Å². The lowest BCUT2D eigenvalue weighted by Crippen LogP contribution is -2.26. The molecule has 1 aromatic heterocycles. The minimum atomic E-state index is -0.221. The summed E-state index contributed by atoms with van der Waals surface area (Å²) in [6, 6.07) is 8.84. The van der Waals surface area contributed by atoms with Crippen LogP contribution in [0.5, 0.6) is 0 Å². The van der Waals surface area contributed by atoms with Gasteiger partial charge in [-0.2, -0.15) is 0 Å². The van der Waals surface area contributed by atoms with Crippen LogP contribution in [0.2, 0.25) is 0 Å². The van der Waals surface area contributed by atoms with Crippen molar-refractivity contribution in [2.75, 3.05) is 17.3 Å². The van der Waals surface area contributed by atoms with Gasteiger partial charge in [-0.05, 0) is 49.8 Å². The normalized spacial score (nSPS) is 10.6. The zero-order chi connectivity index (χ0) is 16.8. The van der Waals surface area contributed by atoms with Gasteiger partial charge in [0.2, 0.25) is 5.91 Å². The van der Waals surface area contributed by atoms with Crippen LogP contribution in [0, 0.1) is 6.92 Å². The van der Waals surface area contributed by atoms with Crippen LogP contribution in [0.15, 0.2) is 54.9 Å². The fraction of sp³-hybridized carbons (Fsp3) is 0.167. The Hall–Kier alpha value is -2.95. The van der Waals surface area contributed by atoms with Crippen LogP contribution in [-0.2, 0) is 4.79 Å². The third kappa shape index (κ3) is 4.03. The molecule has 0 atom stereocenters. The summed E-state index contributed by atoms with van der Waals surface area (Å²) in [4.78, 5) is 29.8. The standard InChI is InChI=1S/C18H19N3O2/c1-4-6-17(22)20-16-11-14(9-8-13(16)2)18(23)21(3)15-7-5-10-19-12-15/h4-12H,1-3H3,(H,20,22). The van der Waals surface area contributed by atoms with Crippen molar-refractivity contribution in [1.82, 2.24) is 4.98 Å². The van der Waals surface area contributed by atoms with E-state index < -0.39 is 0 Å². The number of nitrogens with one attached hydrogen (secondary N) is 1. The molecule has 2 aromatic rings. The largest absolute Gasteiger partial charge is 0.322 e. The third-order valence-electron chi connectivity index (χ3n) is 3.40. The summed E-state index contributed by atoms with van der Waals surface area (Å²) < 4.78 is 0. The van der Waals surface area contributed by atoms with Crippen LogP contribution in [0.4, 0.5) is 11.4 Å². The van der Waals surface area contributed by atoms with Gasteiger partial charge in [0.05, 0.1) is 11.9 Å². The van der Waals surface area contributed by atoms with Crippen molar-refractivity contribution in [1.29, 1.82) is 0 Å². The number of anilines is 2. The number of benzene rings is 1. The molecule has 5 nitrogen and oxygen atoms in total. The van der Waals surface area contributed by atoms with E-state index in [1.807, 2.05) is 19.1 Å². The zero-order valence-corrected chi connectivity index (χ0v) is 13.4. The number of carbonyl (C=O) groups is 2. The Balaban J connectivity index is 2.26. The third-order valence-corrected chi connectivity index (χ3v) is 3.40. The van der Waals surface area contributed by atoms with Gasteiger partial charge in [-0.3, -0.25) is 14.6 Å². The average Bonchev–Trinajstić information content (AvgIpc) is 2.56. The summed E-state index contributed by atoms with van der Waals surface area (Å²) in [6.45, 7) is 3.65. The molecule has 0 aliphatic heterocycles. The van der Waals surface area contributed by atoms with Gasteiger partial charge >= 0.3 is 0 Å². The number of carbonyl (C=O) groups excluding carboxylic acids is 2. The summed E-state index contributed by atoms with van der Waals surface area (Å²) in [7, 11) is 1.69. The maximum absolute atomic E-state index is 12.6. The molecule has 2 amide bonds. The number of aryl methyl sites for hydroxylation is 1. The number of aromatic nitrogens is 1. The van der Waals surface area contributed by atoms with E-state index in [2.05, 4.69) is 10.3 Å². The first kappa shape index (κ1) is 16.4. The van der Waals surface area contributed by atoms with E-state index in [9.17, 15) is 9.59 Å². The molecule has 0 radical (unpaired) electrons. The molecule has 0 saturated carbocycles. The van der Waals surface area contributed by atoms with E-state index in [1.165, 1.54) is 11.0 Å². The molecule has 118 valence electrons. The molecule has 1 aromatic carbocycles.